The monoisotopic (exact) mass is 348 g/mol. The highest BCUT2D eigenvalue weighted by Crippen LogP contribution is 2.36. The van der Waals surface area contributed by atoms with Gasteiger partial charge in [0.2, 0.25) is 0 Å². The van der Waals surface area contributed by atoms with Crippen LogP contribution in [0.5, 0.6) is 0 Å². The second-order valence-electron chi connectivity index (χ2n) is 3.87. The van der Waals surface area contributed by atoms with Crippen LogP contribution in [0.3, 0.4) is 0 Å². The molecule has 0 aliphatic rings. The lowest BCUT2D eigenvalue weighted by molar-refractivity contribution is -0.383. The molecule has 2 aromatic heterocycles. The van der Waals surface area contributed by atoms with Crippen LogP contribution >= 0.6 is 22.7 Å². The van der Waals surface area contributed by atoms with Gasteiger partial charge in [-0.25, -0.2) is 18.1 Å². The Kier molecular flexibility index (Phi) is 4.88. The SMILES string of the molecule is CCNc1sc(S(=O)(=O)NCc2cscn2)cc1[N+](=O)[O-]. The summed E-state index contributed by atoms with van der Waals surface area (Å²) in [6.45, 7) is 2.29. The maximum absolute atomic E-state index is 12.1. The van der Waals surface area contributed by atoms with Gasteiger partial charge >= 0.3 is 5.69 Å². The summed E-state index contributed by atoms with van der Waals surface area (Å²) in [6, 6.07) is 1.06. The molecule has 0 radical (unpaired) electrons. The molecule has 0 spiro atoms. The minimum atomic E-state index is -3.80. The average Bonchev–Trinajstić information content (AvgIpc) is 3.06. The van der Waals surface area contributed by atoms with Crippen molar-refractivity contribution >= 4 is 43.4 Å². The van der Waals surface area contributed by atoms with E-state index in [1.54, 1.807) is 17.8 Å². The lowest BCUT2D eigenvalue weighted by Crippen LogP contribution is -2.22. The Bertz CT molecular complexity index is 724. The number of thiophene rings is 1. The van der Waals surface area contributed by atoms with Crippen molar-refractivity contribution in [2.24, 2.45) is 0 Å². The third kappa shape index (κ3) is 3.75. The predicted molar refractivity (Wildman–Crippen MR) is 81.3 cm³/mol. The smallest absolute Gasteiger partial charge is 0.304 e. The van der Waals surface area contributed by atoms with Gasteiger partial charge in [-0.05, 0) is 6.92 Å². The van der Waals surface area contributed by atoms with Gasteiger partial charge in [0.25, 0.3) is 10.0 Å². The van der Waals surface area contributed by atoms with Crippen LogP contribution in [0.4, 0.5) is 10.7 Å². The zero-order valence-corrected chi connectivity index (χ0v) is 13.3. The summed E-state index contributed by atoms with van der Waals surface area (Å²) in [5.41, 5.74) is 1.96. The molecule has 0 unspecified atom stereocenters. The van der Waals surface area contributed by atoms with Gasteiger partial charge in [0.1, 0.15) is 4.21 Å². The molecule has 0 aliphatic carbocycles. The molecule has 0 bridgehead atoms. The van der Waals surface area contributed by atoms with Crippen LogP contribution < -0.4 is 10.0 Å². The van der Waals surface area contributed by atoms with Crippen molar-refractivity contribution < 1.29 is 13.3 Å². The Morgan fingerprint density at radius 2 is 2.24 bits per heavy atom. The fraction of sp³-hybridized carbons (Fsp3) is 0.300. The van der Waals surface area contributed by atoms with E-state index in [9.17, 15) is 18.5 Å². The third-order valence-electron chi connectivity index (χ3n) is 2.42. The fourth-order valence-corrected chi connectivity index (χ4v) is 4.48. The van der Waals surface area contributed by atoms with Gasteiger partial charge in [0.15, 0.2) is 5.00 Å². The molecule has 2 rings (SSSR count). The van der Waals surface area contributed by atoms with Gasteiger partial charge < -0.3 is 5.32 Å². The number of aromatic nitrogens is 1. The average molecular weight is 348 g/mol. The molecule has 114 valence electrons. The first kappa shape index (κ1) is 15.8. The quantitative estimate of drug-likeness (QED) is 0.584. The number of nitrogens with one attached hydrogen (secondary N) is 2. The van der Waals surface area contributed by atoms with E-state index in [0.717, 1.165) is 17.4 Å². The summed E-state index contributed by atoms with van der Waals surface area (Å²) in [6.07, 6.45) is 0. The lowest BCUT2D eigenvalue weighted by Gasteiger charge is -2.01. The summed E-state index contributed by atoms with van der Waals surface area (Å²) < 4.78 is 26.6. The van der Waals surface area contributed by atoms with Crippen molar-refractivity contribution in [1.82, 2.24) is 9.71 Å². The Morgan fingerprint density at radius 3 is 2.81 bits per heavy atom. The zero-order valence-electron chi connectivity index (χ0n) is 10.9. The molecular formula is C10H12N4O4S3. The number of nitrogens with zero attached hydrogens (tertiary/aromatic N) is 2. The molecule has 21 heavy (non-hydrogen) atoms. The number of nitro groups is 1. The van der Waals surface area contributed by atoms with Crippen molar-refractivity contribution in [1.29, 1.82) is 0 Å². The molecule has 11 heteroatoms. The largest absolute Gasteiger partial charge is 0.372 e. The standard InChI is InChI=1S/C10H12N4O4S3/c1-2-11-10-8(14(15)16)3-9(20-10)21(17,18)13-4-7-5-19-6-12-7/h3,5-6,11,13H,2,4H2,1H3. The van der Waals surface area contributed by atoms with Crippen molar-refractivity contribution in [2.45, 2.75) is 17.7 Å². The van der Waals surface area contributed by atoms with Gasteiger partial charge in [-0.3, -0.25) is 10.1 Å². The van der Waals surface area contributed by atoms with Gasteiger partial charge in [-0.2, -0.15) is 0 Å². The van der Waals surface area contributed by atoms with Gasteiger partial charge in [0, 0.05) is 18.0 Å². The van der Waals surface area contributed by atoms with Crippen LogP contribution in [-0.2, 0) is 16.6 Å². The lowest BCUT2D eigenvalue weighted by atomic mass is 10.5. The van der Waals surface area contributed by atoms with E-state index in [2.05, 4.69) is 15.0 Å². The Morgan fingerprint density at radius 1 is 1.48 bits per heavy atom. The van der Waals surface area contributed by atoms with E-state index in [-0.39, 0.29) is 21.4 Å². The molecule has 8 nitrogen and oxygen atoms in total. The van der Waals surface area contributed by atoms with Gasteiger partial charge in [0.05, 0.1) is 22.7 Å². The summed E-state index contributed by atoms with van der Waals surface area (Å²) >= 11 is 2.20. The normalized spacial score (nSPS) is 11.5. The van der Waals surface area contributed by atoms with Crippen LogP contribution in [0.2, 0.25) is 0 Å². The highest BCUT2D eigenvalue weighted by atomic mass is 32.2. The van der Waals surface area contributed by atoms with Crippen molar-refractivity contribution in [3.63, 3.8) is 0 Å². The molecule has 0 amide bonds. The first-order chi connectivity index (χ1) is 9.94. The van der Waals surface area contributed by atoms with Crippen LogP contribution in [0.1, 0.15) is 12.6 Å². The number of hydrogen-bond acceptors (Lipinski definition) is 8. The third-order valence-corrected chi connectivity index (χ3v) is 6.01. The van der Waals surface area contributed by atoms with Crippen LogP contribution in [0, 0.1) is 10.1 Å². The number of thiazole rings is 1. The van der Waals surface area contributed by atoms with Gasteiger partial charge in [-0.1, -0.05) is 11.3 Å². The van der Waals surface area contributed by atoms with E-state index in [1.165, 1.54) is 11.3 Å². The maximum Gasteiger partial charge on any atom is 0.304 e. The molecule has 0 saturated carbocycles. The number of rotatable bonds is 7. The molecular weight excluding hydrogens is 336 g/mol. The molecule has 0 saturated heterocycles. The molecule has 0 aliphatic heterocycles. The molecule has 0 aromatic carbocycles. The molecule has 0 fully saturated rings. The van der Waals surface area contributed by atoms with Crippen LogP contribution in [-0.4, -0.2) is 24.9 Å². The topological polar surface area (TPSA) is 114 Å². The summed E-state index contributed by atoms with van der Waals surface area (Å²) in [4.78, 5) is 14.3. The maximum atomic E-state index is 12.1. The van der Waals surface area contributed by atoms with E-state index in [0.29, 0.717) is 12.2 Å². The summed E-state index contributed by atoms with van der Waals surface area (Å²) in [5, 5.41) is 15.7. The van der Waals surface area contributed by atoms with Crippen LogP contribution in [0.25, 0.3) is 0 Å². The Labute approximate surface area is 129 Å². The second-order valence-corrected chi connectivity index (χ2v) is 7.64. The molecule has 2 heterocycles. The molecule has 0 atom stereocenters. The van der Waals surface area contributed by atoms with Crippen molar-refractivity contribution in [2.75, 3.05) is 11.9 Å². The van der Waals surface area contributed by atoms with E-state index in [1.807, 2.05) is 0 Å². The molecule has 2 aromatic rings. The second kappa shape index (κ2) is 6.47. The van der Waals surface area contributed by atoms with Crippen LogP contribution in [0.15, 0.2) is 21.2 Å². The number of hydrogen-bond donors (Lipinski definition) is 2. The minimum Gasteiger partial charge on any atom is -0.372 e. The summed E-state index contributed by atoms with van der Waals surface area (Å²) in [5.74, 6) is 0. The zero-order chi connectivity index (χ0) is 15.5. The van der Waals surface area contributed by atoms with Gasteiger partial charge in [-0.15, -0.1) is 11.3 Å². The predicted octanol–water partition coefficient (Wildman–Crippen LogP) is 2.02. The highest BCUT2D eigenvalue weighted by molar-refractivity contribution is 7.91. The first-order valence-electron chi connectivity index (χ1n) is 5.83. The van der Waals surface area contributed by atoms with Crippen molar-refractivity contribution in [3.8, 4) is 0 Å². The van der Waals surface area contributed by atoms with E-state index in [4.69, 9.17) is 0 Å². The Balaban J connectivity index is 2.23. The number of sulfonamides is 1. The van der Waals surface area contributed by atoms with E-state index < -0.39 is 14.9 Å². The Hall–Kier alpha value is -1.56. The first-order valence-corrected chi connectivity index (χ1v) is 9.07. The summed E-state index contributed by atoms with van der Waals surface area (Å²) in [7, 11) is -3.80. The van der Waals surface area contributed by atoms with Crippen molar-refractivity contribution in [3.05, 3.63) is 32.8 Å². The highest BCUT2D eigenvalue weighted by Gasteiger charge is 2.25. The van der Waals surface area contributed by atoms with E-state index >= 15 is 0 Å². The fourth-order valence-electron chi connectivity index (χ4n) is 1.48. The molecule has 2 N–H and O–H groups in total. The number of anilines is 1. The minimum absolute atomic E-state index is 0.0497.